The van der Waals surface area contributed by atoms with Crippen LogP contribution >= 0.6 is 27.3 Å². The maximum absolute atomic E-state index is 6.44. The molecule has 0 saturated heterocycles. The van der Waals surface area contributed by atoms with E-state index in [4.69, 9.17) is 8.83 Å². The number of fused-ring (bicyclic) bond motifs is 10. The first kappa shape index (κ1) is 31.7. The number of nitrogens with zero attached hydrogens (tertiary/aromatic N) is 2. The number of anilines is 3. The third-order valence-corrected chi connectivity index (χ3v) is 12.5. The zero-order valence-corrected chi connectivity index (χ0v) is 32.3. The fourth-order valence-corrected chi connectivity index (χ4v) is 9.67. The van der Waals surface area contributed by atoms with Gasteiger partial charge in [-0.15, -0.1) is 11.3 Å². The molecule has 54 heavy (non-hydrogen) atoms. The molecule has 0 fully saturated rings. The van der Waals surface area contributed by atoms with E-state index in [2.05, 4.69) is 167 Å². The monoisotopic (exact) mass is 780 g/mol. The van der Waals surface area contributed by atoms with E-state index in [1.807, 2.05) is 24.3 Å². The molecule has 0 bridgehead atoms. The number of rotatable bonds is 4. The maximum Gasteiger partial charge on any atom is 0.137 e. The lowest BCUT2D eigenvalue weighted by atomic mass is 9.86. The Kier molecular flexibility index (Phi) is 6.80. The molecular weight excluding hydrogens is 749 g/mol. The van der Waals surface area contributed by atoms with E-state index in [-0.39, 0.29) is 5.41 Å². The molecule has 0 saturated carbocycles. The van der Waals surface area contributed by atoms with Gasteiger partial charge in [0.05, 0.1) is 16.7 Å². The summed E-state index contributed by atoms with van der Waals surface area (Å²) < 4.78 is 17.4. The number of hydrogen-bond donors (Lipinski definition) is 0. The molecule has 0 aliphatic carbocycles. The molecule has 4 heterocycles. The molecule has 0 aliphatic rings. The van der Waals surface area contributed by atoms with E-state index in [0.29, 0.717) is 0 Å². The van der Waals surface area contributed by atoms with Gasteiger partial charge in [0.1, 0.15) is 22.3 Å². The summed E-state index contributed by atoms with van der Waals surface area (Å²) in [6.07, 6.45) is 0. The quantitative estimate of drug-likeness (QED) is 0.178. The van der Waals surface area contributed by atoms with Crippen molar-refractivity contribution < 1.29 is 8.83 Å². The van der Waals surface area contributed by atoms with Crippen molar-refractivity contribution in [3.8, 4) is 5.69 Å². The highest BCUT2D eigenvalue weighted by Gasteiger charge is 2.23. The zero-order valence-electron chi connectivity index (χ0n) is 29.9. The standard InChI is InChI=1S/C48H33BrN2O2S/c1-48(2,3)28-18-21-46-38(22-28)41(27-54-46)50(31-19-20-44-36(24-31)32-12-4-6-16-42(32)52-44)29-10-8-11-30(23-29)51-40-26-45-37(33-13-5-7-17-43(33)53-45)25-35(40)34-14-9-15-39(49)47(34)51/h4-27H,1-3H3. The van der Waals surface area contributed by atoms with Gasteiger partial charge in [0.2, 0.25) is 0 Å². The van der Waals surface area contributed by atoms with Crippen LogP contribution in [0.4, 0.5) is 17.1 Å². The number of benzene rings is 7. The number of thiophene rings is 1. The molecule has 0 spiro atoms. The largest absolute Gasteiger partial charge is 0.456 e. The third kappa shape index (κ3) is 4.73. The van der Waals surface area contributed by atoms with E-state index in [1.54, 1.807) is 11.3 Å². The molecule has 4 nitrogen and oxygen atoms in total. The minimum absolute atomic E-state index is 0.0158. The summed E-state index contributed by atoms with van der Waals surface area (Å²) in [7, 11) is 0. The molecule has 0 amide bonds. The summed E-state index contributed by atoms with van der Waals surface area (Å²) in [5.41, 5.74) is 11.4. The summed E-state index contributed by atoms with van der Waals surface area (Å²) in [6, 6.07) is 50.0. The Morgan fingerprint density at radius 3 is 2.04 bits per heavy atom. The average molecular weight is 782 g/mol. The molecule has 11 aromatic rings. The summed E-state index contributed by atoms with van der Waals surface area (Å²) in [5, 5.41) is 10.4. The first-order chi connectivity index (χ1) is 26.3. The first-order valence-electron chi connectivity index (χ1n) is 18.2. The van der Waals surface area contributed by atoms with Crippen molar-refractivity contribution >= 4 is 120 Å². The molecular formula is C48H33BrN2O2S. The van der Waals surface area contributed by atoms with Crippen LogP contribution in [0.3, 0.4) is 0 Å². The van der Waals surface area contributed by atoms with E-state index < -0.39 is 0 Å². The van der Waals surface area contributed by atoms with E-state index in [9.17, 15) is 0 Å². The van der Waals surface area contributed by atoms with Crippen molar-refractivity contribution in [1.29, 1.82) is 0 Å². The number of halogens is 1. The predicted octanol–water partition coefficient (Wildman–Crippen LogP) is 15.3. The summed E-state index contributed by atoms with van der Waals surface area (Å²) in [6.45, 7) is 6.84. The summed E-state index contributed by atoms with van der Waals surface area (Å²) in [4.78, 5) is 2.41. The van der Waals surface area contributed by atoms with Gasteiger partial charge in [-0.05, 0) is 99.7 Å². The molecule has 0 N–H and O–H groups in total. The lowest BCUT2D eigenvalue weighted by Crippen LogP contribution is -2.12. The molecule has 6 heteroatoms. The van der Waals surface area contributed by atoms with E-state index >= 15 is 0 Å². The van der Waals surface area contributed by atoms with Crippen molar-refractivity contribution in [2.24, 2.45) is 0 Å². The molecule has 260 valence electrons. The van der Waals surface area contributed by atoms with Crippen LogP contribution in [-0.4, -0.2) is 4.57 Å². The van der Waals surface area contributed by atoms with Gasteiger partial charge >= 0.3 is 0 Å². The Morgan fingerprint density at radius 1 is 0.556 bits per heavy atom. The van der Waals surface area contributed by atoms with Crippen LogP contribution < -0.4 is 4.90 Å². The molecule has 4 aromatic heterocycles. The molecule has 0 aliphatic heterocycles. The van der Waals surface area contributed by atoms with Gasteiger partial charge in [-0.3, -0.25) is 0 Å². The van der Waals surface area contributed by atoms with Crippen LogP contribution in [0.1, 0.15) is 26.3 Å². The minimum atomic E-state index is 0.0158. The highest BCUT2D eigenvalue weighted by atomic mass is 79.9. The highest BCUT2D eigenvalue weighted by Crippen LogP contribution is 2.46. The van der Waals surface area contributed by atoms with E-state index in [1.165, 1.54) is 26.4 Å². The van der Waals surface area contributed by atoms with Crippen LogP contribution in [0.2, 0.25) is 0 Å². The molecule has 7 aromatic carbocycles. The Balaban J connectivity index is 1.18. The molecule has 11 rings (SSSR count). The summed E-state index contributed by atoms with van der Waals surface area (Å²) in [5.74, 6) is 0. The minimum Gasteiger partial charge on any atom is -0.456 e. The highest BCUT2D eigenvalue weighted by molar-refractivity contribution is 9.10. The van der Waals surface area contributed by atoms with Gasteiger partial charge in [-0.2, -0.15) is 0 Å². The van der Waals surface area contributed by atoms with Crippen LogP contribution in [-0.2, 0) is 5.41 Å². The van der Waals surface area contributed by atoms with Crippen molar-refractivity contribution in [2.75, 3.05) is 4.90 Å². The lowest BCUT2D eigenvalue weighted by Gasteiger charge is -2.26. The topological polar surface area (TPSA) is 34.5 Å². The predicted molar refractivity (Wildman–Crippen MR) is 232 cm³/mol. The first-order valence-corrected chi connectivity index (χ1v) is 19.8. The Bertz CT molecular complexity index is 3300. The Hall–Kier alpha value is -5.82. The number of para-hydroxylation sites is 3. The van der Waals surface area contributed by atoms with Gasteiger partial charge in [0, 0.05) is 75.4 Å². The van der Waals surface area contributed by atoms with Crippen molar-refractivity contribution in [1.82, 2.24) is 4.57 Å². The van der Waals surface area contributed by atoms with Crippen molar-refractivity contribution in [3.63, 3.8) is 0 Å². The van der Waals surface area contributed by atoms with Gasteiger partial charge < -0.3 is 18.3 Å². The normalized spacial score (nSPS) is 12.4. The van der Waals surface area contributed by atoms with Crippen LogP contribution in [0.5, 0.6) is 0 Å². The number of furan rings is 2. The number of aromatic nitrogens is 1. The second-order valence-corrected chi connectivity index (χ2v) is 16.9. The van der Waals surface area contributed by atoms with Crippen LogP contribution in [0.25, 0.3) is 81.5 Å². The fourth-order valence-electron chi connectivity index (χ4n) is 8.22. The van der Waals surface area contributed by atoms with Crippen molar-refractivity contribution in [3.05, 3.63) is 155 Å². The molecule has 0 unspecified atom stereocenters. The second-order valence-electron chi connectivity index (χ2n) is 15.2. The third-order valence-electron chi connectivity index (χ3n) is 10.9. The van der Waals surface area contributed by atoms with Gasteiger partial charge in [0.25, 0.3) is 0 Å². The Labute approximate surface area is 323 Å². The second kappa shape index (κ2) is 11.6. The van der Waals surface area contributed by atoms with Gasteiger partial charge in [-0.25, -0.2) is 0 Å². The SMILES string of the molecule is CC(C)(C)c1ccc2scc(N(c3cccc(-n4c5cc6oc7ccccc7c6cc5c5cccc(Br)c54)c3)c3ccc4oc5ccccc5c4c3)c2c1. The fraction of sp³-hybridized carbons (Fsp3) is 0.0833. The molecule has 0 atom stereocenters. The smallest absolute Gasteiger partial charge is 0.137 e. The lowest BCUT2D eigenvalue weighted by molar-refractivity contribution is 0.591. The maximum atomic E-state index is 6.44. The van der Waals surface area contributed by atoms with Crippen molar-refractivity contribution in [2.45, 2.75) is 26.2 Å². The average Bonchev–Trinajstić information content (AvgIpc) is 3.94. The van der Waals surface area contributed by atoms with Gasteiger partial charge in [0.15, 0.2) is 0 Å². The van der Waals surface area contributed by atoms with Crippen LogP contribution in [0.15, 0.2) is 158 Å². The number of hydrogen-bond acceptors (Lipinski definition) is 4. The van der Waals surface area contributed by atoms with Gasteiger partial charge in [-0.1, -0.05) is 81.4 Å². The molecule has 0 radical (unpaired) electrons. The Morgan fingerprint density at radius 2 is 1.24 bits per heavy atom. The zero-order chi connectivity index (χ0) is 36.3. The summed E-state index contributed by atoms with van der Waals surface area (Å²) >= 11 is 5.74. The van der Waals surface area contributed by atoms with E-state index in [0.717, 1.165) is 82.1 Å². The van der Waals surface area contributed by atoms with Crippen LogP contribution in [0, 0.1) is 0 Å².